The lowest BCUT2D eigenvalue weighted by Crippen LogP contribution is -2.45. The number of aromatic nitrogens is 4. The molecule has 3 rings (SSSR count). The Hall–Kier alpha value is -2.44. The second-order valence-electron chi connectivity index (χ2n) is 7.23. The van der Waals surface area contributed by atoms with Gasteiger partial charge in [-0.2, -0.15) is 5.10 Å². The minimum atomic E-state index is -0.0210. The van der Waals surface area contributed by atoms with Crippen LogP contribution in [0.25, 0.3) is 0 Å². The summed E-state index contributed by atoms with van der Waals surface area (Å²) in [5.41, 5.74) is 1.66. The maximum atomic E-state index is 12.7. The van der Waals surface area contributed by atoms with E-state index >= 15 is 0 Å². The van der Waals surface area contributed by atoms with Crippen LogP contribution in [0.5, 0.6) is 0 Å². The second kappa shape index (κ2) is 8.29. The average molecular weight is 356 g/mol. The van der Waals surface area contributed by atoms with Crippen LogP contribution >= 0.6 is 0 Å². The molecular formula is C19H28N6O. The molecule has 2 aromatic heterocycles. The molecule has 0 unspecified atom stereocenters. The first-order valence-electron chi connectivity index (χ1n) is 9.45. The molecular weight excluding hydrogens is 328 g/mol. The zero-order valence-corrected chi connectivity index (χ0v) is 15.9. The number of nitrogens with one attached hydrogen (secondary N) is 1. The molecule has 1 saturated heterocycles. The summed E-state index contributed by atoms with van der Waals surface area (Å²) in [7, 11) is 0. The first-order chi connectivity index (χ1) is 12.6. The maximum absolute atomic E-state index is 12.7. The fourth-order valence-corrected chi connectivity index (χ4v) is 3.38. The number of amides is 1. The van der Waals surface area contributed by atoms with Gasteiger partial charge in [-0.15, -0.1) is 0 Å². The third-order valence-corrected chi connectivity index (χ3v) is 4.68. The zero-order chi connectivity index (χ0) is 18.5. The topological polar surface area (TPSA) is 75.9 Å². The zero-order valence-electron chi connectivity index (χ0n) is 15.9. The highest BCUT2D eigenvalue weighted by atomic mass is 16.2. The molecule has 2 aromatic rings. The number of anilines is 1. The van der Waals surface area contributed by atoms with Crippen molar-refractivity contribution in [3.63, 3.8) is 0 Å². The highest BCUT2D eigenvalue weighted by Crippen LogP contribution is 2.17. The Kier molecular flexibility index (Phi) is 5.85. The van der Waals surface area contributed by atoms with E-state index in [0.29, 0.717) is 18.2 Å². The molecule has 7 heteroatoms. The van der Waals surface area contributed by atoms with Gasteiger partial charge in [0.1, 0.15) is 11.5 Å². The van der Waals surface area contributed by atoms with Gasteiger partial charge in [-0.3, -0.25) is 14.5 Å². The number of rotatable bonds is 6. The predicted molar refractivity (Wildman–Crippen MR) is 101 cm³/mol. The quantitative estimate of drug-likeness (QED) is 0.859. The van der Waals surface area contributed by atoms with Crippen molar-refractivity contribution in [1.29, 1.82) is 0 Å². The first kappa shape index (κ1) is 18.4. The standard InChI is InChI=1S/C19H28N6O/c1-4-25-17(12-16(23-25)11-14(2)3)19(26)22-15-5-9-24(10-6-15)18-13-20-7-8-21-18/h7-8,12-15H,4-6,9-11H2,1-3H3,(H,22,26). The van der Waals surface area contributed by atoms with E-state index in [1.165, 1.54) is 0 Å². The van der Waals surface area contributed by atoms with Crippen LogP contribution in [0.15, 0.2) is 24.7 Å². The summed E-state index contributed by atoms with van der Waals surface area (Å²) in [5.74, 6) is 1.41. The van der Waals surface area contributed by atoms with Crippen LogP contribution in [0.3, 0.4) is 0 Å². The summed E-state index contributed by atoms with van der Waals surface area (Å²) in [5, 5.41) is 7.75. The summed E-state index contributed by atoms with van der Waals surface area (Å²) >= 11 is 0. The van der Waals surface area contributed by atoms with E-state index in [4.69, 9.17) is 0 Å². The molecule has 1 aliphatic heterocycles. The third kappa shape index (κ3) is 4.39. The predicted octanol–water partition coefficient (Wildman–Crippen LogP) is 2.29. The van der Waals surface area contributed by atoms with E-state index in [-0.39, 0.29) is 11.9 Å². The van der Waals surface area contributed by atoms with Gasteiger partial charge < -0.3 is 10.2 Å². The lowest BCUT2D eigenvalue weighted by atomic mass is 10.0. The summed E-state index contributed by atoms with van der Waals surface area (Å²) < 4.78 is 1.81. The molecule has 0 atom stereocenters. The van der Waals surface area contributed by atoms with Gasteiger partial charge in [0.2, 0.25) is 0 Å². The highest BCUT2D eigenvalue weighted by molar-refractivity contribution is 5.92. The maximum Gasteiger partial charge on any atom is 0.269 e. The molecule has 1 fully saturated rings. The van der Waals surface area contributed by atoms with Gasteiger partial charge in [-0.25, -0.2) is 4.98 Å². The van der Waals surface area contributed by atoms with Gasteiger partial charge in [0.05, 0.1) is 11.9 Å². The number of carbonyl (C=O) groups excluding carboxylic acids is 1. The molecule has 1 amide bonds. The SMILES string of the molecule is CCn1nc(CC(C)C)cc1C(=O)NC1CCN(c2cnccn2)CC1. The van der Waals surface area contributed by atoms with Gasteiger partial charge in [0.15, 0.2) is 0 Å². The van der Waals surface area contributed by atoms with Crippen LogP contribution in [0.2, 0.25) is 0 Å². The summed E-state index contributed by atoms with van der Waals surface area (Å²) in [4.78, 5) is 23.4. The molecule has 0 spiro atoms. The second-order valence-corrected chi connectivity index (χ2v) is 7.23. The Labute approximate surface area is 154 Å². The smallest absolute Gasteiger partial charge is 0.269 e. The van der Waals surface area contributed by atoms with Gasteiger partial charge in [-0.05, 0) is 38.2 Å². The molecule has 0 aliphatic carbocycles. The van der Waals surface area contributed by atoms with E-state index in [1.807, 2.05) is 17.7 Å². The molecule has 0 bridgehead atoms. The molecule has 7 nitrogen and oxygen atoms in total. The molecule has 0 aromatic carbocycles. The Morgan fingerprint density at radius 2 is 2.08 bits per heavy atom. The van der Waals surface area contributed by atoms with E-state index in [9.17, 15) is 4.79 Å². The van der Waals surface area contributed by atoms with Crippen molar-refractivity contribution in [3.8, 4) is 0 Å². The van der Waals surface area contributed by atoms with Crippen molar-refractivity contribution >= 4 is 11.7 Å². The van der Waals surface area contributed by atoms with E-state index < -0.39 is 0 Å². The van der Waals surface area contributed by atoms with Crippen molar-refractivity contribution < 1.29 is 4.79 Å². The minimum Gasteiger partial charge on any atom is -0.355 e. The normalized spacial score (nSPS) is 15.5. The first-order valence-corrected chi connectivity index (χ1v) is 9.45. The molecule has 3 heterocycles. The van der Waals surface area contributed by atoms with E-state index in [2.05, 4.69) is 39.1 Å². The summed E-state index contributed by atoms with van der Waals surface area (Å²) in [6.07, 6.45) is 7.88. The van der Waals surface area contributed by atoms with Crippen molar-refractivity contribution in [2.75, 3.05) is 18.0 Å². The molecule has 140 valence electrons. The van der Waals surface area contributed by atoms with Gasteiger partial charge >= 0.3 is 0 Å². The van der Waals surface area contributed by atoms with Crippen molar-refractivity contribution in [1.82, 2.24) is 25.1 Å². The monoisotopic (exact) mass is 356 g/mol. The van der Waals surface area contributed by atoms with E-state index in [1.54, 1.807) is 18.6 Å². The van der Waals surface area contributed by atoms with Crippen LogP contribution in [0.1, 0.15) is 49.8 Å². The largest absolute Gasteiger partial charge is 0.355 e. The van der Waals surface area contributed by atoms with Gasteiger partial charge in [0, 0.05) is 38.1 Å². The molecule has 26 heavy (non-hydrogen) atoms. The number of nitrogens with zero attached hydrogens (tertiary/aromatic N) is 5. The van der Waals surface area contributed by atoms with Gasteiger partial charge in [0.25, 0.3) is 5.91 Å². The lowest BCUT2D eigenvalue weighted by Gasteiger charge is -2.32. The van der Waals surface area contributed by atoms with Gasteiger partial charge in [-0.1, -0.05) is 13.8 Å². The van der Waals surface area contributed by atoms with Crippen molar-refractivity contribution in [2.24, 2.45) is 5.92 Å². The number of hydrogen-bond donors (Lipinski definition) is 1. The summed E-state index contributed by atoms with van der Waals surface area (Å²) in [6.45, 7) is 8.78. The fraction of sp³-hybridized carbons (Fsp3) is 0.579. The Morgan fingerprint density at radius 3 is 2.69 bits per heavy atom. The fourth-order valence-electron chi connectivity index (χ4n) is 3.38. The number of piperidine rings is 1. The van der Waals surface area contributed by atoms with Crippen LogP contribution in [-0.2, 0) is 13.0 Å². The van der Waals surface area contributed by atoms with E-state index in [0.717, 1.165) is 43.9 Å². The average Bonchev–Trinajstić information content (AvgIpc) is 3.05. The Balaban J connectivity index is 1.58. The number of carbonyl (C=O) groups is 1. The molecule has 1 N–H and O–H groups in total. The summed E-state index contributed by atoms with van der Waals surface area (Å²) in [6, 6.07) is 2.12. The Bertz CT molecular complexity index is 719. The van der Waals surface area contributed by atoms with Crippen molar-refractivity contribution in [2.45, 2.75) is 52.6 Å². The van der Waals surface area contributed by atoms with Crippen molar-refractivity contribution in [3.05, 3.63) is 36.0 Å². The number of aryl methyl sites for hydroxylation is 1. The van der Waals surface area contributed by atoms with Crippen LogP contribution in [-0.4, -0.2) is 44.8 Å². The lowest BCUT2D eigenvalue weighted by molar-refractivity contribution is 0.0920. The molecule has 1 aliphatic rings. The third-order valence-electron chi connectivity index (χ3n) is 4.68. The van der Waals surface area contributed by atoms with Crippen LogP contribution < -0.4 is 10.2 Å². The highest BCUT2D eigenvalue weighted by Gasteiger charge is 2.23. The Morgan fingerprint density at radius 1 is 1.31 bits per heavy atom. The molecule has 0 saturated carbocycles. The minimum absolute atomic E-state index is 0.0210. The number of hydrogen-bond acceptors (Lipinski definition) is 5. The molecule has 0 radical (unpaired) electrons. The van der Waals surface area contributed by atoms with Crippen LogP contribution in [0, 0.1) is 5.92 Å². The van der Waals surface area contributed by atoms with Crippen LogP contribution in [0.4, 0.5) is 5.82 Å².